The summed E-state index contributed by atoms with van der Waals surface area (Å²) in [5, 5.41) is 4.96. The molecule has 224 valence electrons. The largest absolute Gasteiger partial charge is 0.455 e. The number of hydrogen-bond acceptors (Lipinski definition) is 6. The molecule has 10 aromatic rings. The van der Waals surface area contributed by atoms with Crippen molar-refractivity contribution >= 4 is 54.8 Å². The van der Waals surface area contributed by atoms with Crippen molar-refractivity contribution in [1.29, 1.82) is 0 Å². The first-order valence-electron chi connectivity index (χ1n) is 15.8. The van der Waals surface area contributed by atoms with E-state index in [1.807, 2.05) is 84.9 Å². The molecule has 0 radical (unpaired) electrons. The fourth-order valence-corrected chi connectivity index (χ4v) is 6.73. The van der Waals surface area contributed by atoms with E-state index in [9.17, 15) is 0 Å². The monoisotopic (exact) mass is 616 g/mol. The van der Waals surface area contributed by atoms with Gasteiger partial charge in [0.25, 0.3) is 0 Å². The second-order valence-corrected chi connectivity index (χ2v) is 11.8. The first kappa shape index (κ1) is 26.5. The summed E-state index contributed by atoms with van der Waals surface area (Å²) in [5.41, 5.74) is 8.82. The van der Waals surface area contributed by atoms with E-state index in [2.05, 4.69) is 59.6 Å². The third-order valence-electron chi connectivity index (χ3n) is 9.01. The van der Waals surface area contributed by atoms with Gasteiger partial charge in [-0.3, -0.25) is 4.98 Å². The molecule has 6 aromatic carbocycles. The average molecular weight is 617 g/mol. The van der Waals surface area contributed by atoms with Crippen molar-refractivity contribution in [3.63, 3.8) is 0 Å². The van der Waals surface area contributed by atoms with Gasteiger partial charge in [0.15, 0.2) is 17.5 Å². The van der Waals surface area contributed by atoms with Crippen molar-refractivity contribution in [1.82, 2.24) is 19.9 Å². The summed E-state index contributed by atoms with van der Waals surface area (Å²) in [6.45, 7) is 0. The SMILES string of the molecule is c1ccc(-c2ccc(-c3nc(-c4cccc5c4oc4ccccc45)nc(-c4cccc5oc6c7cccnc7ccc6c45)n3)cc2)cc1. The van der Waals surface area contributed by atoms with Crippen molar-refractivity contribution in [3.8, 4) is 45.3 Å². The first-order chi connectivity index (χ1) is 23.8. The number of benzene rings is 6. The smallest absolute Gasteiger partial charge is 0.167 e. The fraction of sp³-hybridized carbons (Fsp3) is 0. The molecule has 48 heavy (non-hydrogen) atoms. The molecule has 0 saturated heterocycles. The molecule has 0 N–H and O–H groups in total. The quantitative estimate of drug-likeness (QED) is 0.196. The molecule has 0 bridgehead atoms. The van der Waals surface area contributed by atoms with Gasteiger partial charge in [-0.25, -0.2) is 15.0 Å². The molecule has 4 aromatic heterocycles. The Labute approximate surface area is 274 Å². The Kier molecular flexibility index (Phi) is 5.77. The molecule has 0 amide bonds. The molecule has 0 saturated carbocycles. The van der Waals surface area contributed by atoms with Crippen molar-refractivity contribution < 1.29 is 8.83 Å². The summed E-state index contributed by atoms with van der Waals surface area (Å²) in [6.07, 6.45) is 1.80. The predicted octanol–water partition coefficient (Wildman–Crippen LogP) is 10.9. The summed E-state index contributed by atoms with van der Waals surface area (Å²) in [6, 6.07) is 47.0. The van der Waals surface area contributed by atoms with Crippen molar-refractivity contribution in [3.05, 3.63) is 146 Å². The number of para-hydroxylation sites is 2. The van der Waals surface area contributed by atoms with Gasteiger partial charge in [-0.2, -0.15) is 0 Å². The molecule has 0 unspecified atom stereocenters. The zero-order valence-corrected chi connectivity index (χ0v) is 25.5. The normalized spacial score (nSPS) is 11.8. The van der Waals surface area contributed by atoms with E-state index < -0.39 is 0 Å². The average Bonchev–Trinajstić information content (AvgIpc) is 3.74. The van der Waals surface area contributed by atoms with Gasteiger partial charge in [-0.1, -0.05) is 97.1 Å². The highest BCUT2D eigenvalue weighted by molar-refractivity contribution is 6.18. The molecule has 0 aliphatic heterocycles. The lowest BCUT2D eigenvalue weighted by Crippen LogP contribution is -2.00. The molecule has 6 nitrogen and oxygen atoms in total. The van der Waals surface area contributed by atoms with Crippen LogP contribution in [0.1, 0.15) is 0 Å². The van der Waals surface area contributed by atoms with E-state index in [4.69, 9.17) is 23.8 Å². The zero-order valence-electron chi connectivity index (χ0n) is 25.5. The standard InChI is InChI=1S/C42H24N4O2/c1-2-9-25(10-3-1)26-18-20-27(21-19-26)40-44-41(46-42(45-40)33-14-6-12-29-28-11-4-5-16-35(28)47-38(29)33)32-13-7-17-36-37(32)31-22-23-34-30(39(31)48-36)15-8-24-43-34/h1-24H. The van der Waals surface area contributed by atoms with Crippen LogP contribution in [0.15, 0.2) is 155 Å². The first-order valence-corrected chi connectivity index (χ1v) is 15.8. The van der Waals surface area contributed by atoms with Crippen LogP contribution in [0.5, 0.6) is 0 Å². The van der Waals surface area contributed by atoms with Crippen LogP contribution in [0.3, 0.4) is 0 Å². The Bertz CT molecular complexity index is 2840. The van der Waals surface area contributed by atoms with Crippen molar-refractivity contribution in [2.24, 2.45) is 0 Å². The zero-order chi connectivity index (χ0) is 31.6. The highest BCUT2D eigenvalue weighted by Crippen LogP contribution is 2.40. The van der Waals surface area contributed by atoms with Gasteiger partial charge < -0.3 is 8.83 Å². The van der Waals surface area contributed by atoms with Crippen molar-refractivity contribution in [2.75, 3.05) is 0 Å². The Balaban J connectivity index is 1.22. The Morgan fingerprint density at radius 1 is 0.375 bits per heavy atom. The van der Waals surface area contributed by atoms with Crippen LogP contribution in [0, 0.1) is 0 Å². The Hall–Kier alpha value is -6.66. The molecule has 6 heteroatoms. The van der Waals surface area contributed by atoms with Crippen LogP contribution in [-0.4, -0.2) is 19.9 Å². The summed E-state index contributed by atoms with van der Waals surface area (Å²) in [5.74, 6) is 1.66. The van der Waals surface area contributed by atoms with E-state index in [-0.39, 0.29) is 0 Å². The van der Waals surface area contributed by atoms with E-state index in [0.717, 1.165) is 82.6 Å². The molecule has 0 fully saturated rings. The van der Waals surface area contributed by atoms with Gasteiger partial charge in [0.1, 0.15) is 22.3 Å². The third-order valence-corrected chi connectivity index (χ3v) is 9.01. The molecular formula is C42H24N4O2. The third kappa shape index (κ3) is 4.13. The van der Waals surface area contributed by atoms with E-state index in [0.29, 0.717) is 17.5 Å². The van der Waals surface area contributed by atoms with Gasteiger partial charge in [-0.05, 0) is 53.6 Å². The summed E-state index contributed by atoms with van der Waals surface area (Å²) < 4.78 is 12.9. The molecular weight excluding hydrogens is 592 g/mol. The maximum atomic E-state index is 6.48. The second kappa shape index (κ2) is 10.4. The number of pyridine rings is 1. The van der Waals surface area contributed by atoms with E-state index >= 15 is 0 Å². The fourth-order valence-electron chi connectivity index (χ4n) is 6.73. The maximum absolute atomic E-state index is 6.48. The molecule has 10 rings (SSSR count). The van der Waals surface area contributed by atoms with Crippen LogP contribution in [0.2, 0.25) is 0 Å². The highest BCUT2D eigenvalue weighted by atomic mass is 16.3. The lowest BCUT2D eigenvalue weighted by molar-refractivity contribution is 0.669. The van der Waals surface area contributed by atoms with Crippen molar-refractivity contribution in [2.45, 2.75) is 0 Å². The number of nitrogens with zero attached hydrogens (tertiary/aromatic N) is 4. The topological polar surface area (TPSA) is 77.8 Å². The number of aromatic nitrogens is 4. The number of fused-ring (bicyclic) bond motifs is 8. The van der Waals surface area contributed by atoms with Gasteiger partial charge in [0.05, 0.1) is 11.1 Å². The molecule has 0 aliphatic carbocycles. The van der Waals surface area contributed by atoms with Crippen LogP contribution in [0.4, 0.5) is 0 Å². The van der Waals surface area contributed by atoms with Gasteiger partial charge in [0, 0.05) is 44.3 Å². The molecule has 0 atom stereocenters. The lowest BCUT2D eigenvalue weighted by atomic mass is 10.0. The number of rotatable bonds is 4. The van der Waals surface area contributed by atoms with Crippen LogP contribution in [0.25, 0.3) is 100 Å². The molecule has 0 aliphatic rings. The second-order valence-electron chi connectivity index (χ2n) is 11.8. The number of hydrogen-bond donors (Lipinski definition) is 0. The molecule has 4 heterocycles. The minimum absolute atomic E-state index is 0.534. The maximum Gasteiger partial charge on any atom is 0.167 e. The van der Waals surface area contributed by atoms with Crippen LogP contribution in [-0.2, 0) is 0 Å². The summed E-state index contributed by atoms with van der Waals surface area (Å²) >= 11 is 0. The van der Waals surface area contributed by atoms with Crippen LogP contribution >= 0.6 is 0 Å². The van der Waals surface area contributed by atoms with Gasteiger partial charge in [-0.15, -0.1) is 0 Å². The highest BCUT2D eigenvalue weighted by Gasteiger charge is 2.21. The Morgan fingerprint density at radius 3 is 1.92 bits per heavy atom. The summed E-state index contributed by atoms with van der Waals surface area (Å²) in [4.78, 5) is 19.9. The number of furan rings is 2. The Morgan fingerprint density at radius 2 is 1.02 bits per heavy atom. The molecule has 0 spiro atoms. The van der Waals surface area contributed by atoms with Crippen LogP contribution < -0.4 is 0 Å². The van der Waals surface area contributed by atoms with Gasteiger partial charge in [0.2, 0.25) is 0 Å². The van der Waals surface area contributed by atoms with E-state index in [1.165, 1.54) is 0 Å². The predicted molar refractivity (Wildman–Crippen MR) is 191 cm³/mol. The minimum Gasteiger partial charge on any atom is -0.455 e. The lowest BCUT2D eigenvalue weighted by Gasteiger charge is -2.10. The van der Waals surface area contributed by atoms with E-state index in [1.54, 1.807) is 6.20 Å². The minimum atomic E-state index is 0.534. The van der Waals surface area contributed by atoms with Gasteiger partial charge >= 0.3 is 0 Å². The summed E-state index contributed by atoms with van der Waals surface area (Å²) in [7, 11) is 0.